The zero-order valence-electron chi connectivity index (χ0n) is 31.5. The number of likely N-dealkylation sites (N-methyl/N-ethyl adjacent to an activating group) is 1. The third kappa shape index (κ3) is 12.8. The van der Waals surface area contributed by atoms with Crippen LogP contribution in [0.2, 0.25) is 0 Å². The molecule has 1 aliphatic heterocycles. The molecule has 2 heterocycles. The number of hydrogen-bond donors (Lipinski definition) is 0. The van der Waals surface area contributed by atoms with Crippen molar-refractivity contribution in [2.45, 2.75) is 68.7 Å². The van der Waals surface area contributed by atoms with E-state index in [1.54, 1.807) is 31.2 Å². The molecule has 1 saturated heterocycles. The molecule has 3 atom stereocenters. The maximum atomic E-state index is 15.8. The average Bonchev–Trinajstić information content (AvgIpc) is 3.70. The fourth-order valence-electron chi connectivity index (χ4n) is 5.91. The predicted octanol–water partition coefficient (Wildman–Crippen LogP) is 6.97. The standard InChI is InChI=1S/C40H46F3N5O7S/c1-5-18-51-39(50)54-32(22-47(6-2)7-3)15-17-37(49)55-40(25-48-27-45-26-46-48,34-16-14-31(41)20-36(34)43)28(4)56-33-23-52-38(53-24-33)11-9-8-10-30-13-12-29(21-44)19-35(30)42/h5,8-14,16,19-20,26-28,32-33,38H,1,6-7,15,17-18,22-25H2,2-4H3/b10-8+,11-9+/t28-,32?,33?,38?,40-/m1/s1. The fraction of sp³-hybridized carbons (Fsp3) is 0.425. The van der Waals surface area contributed by atoms with E-state index in [9.17, 15) is 18.4 Å². The zero-order chi connectivity index (χ0) is 40.5. The van der Waals surface area contributed by atoms with Gasteiger partial charge in [0, 0.05) is 35.4 Å². The second-order valence-corrected chi connectivity index (χ2v) is 14.4. The van der Waals surface area contributed by atoms with E-state index in [4.69, 9.17) is 28.9 Å². The number of thioether (sulfide) groups is 1. The van der Waals surface area contributed by atoms with Crippen molar-refractivity contribution in [1.82, 2.24) is 19.7 Å². The maximum Gasteiger partial charge on any atom is 0.508 e. The van der Waals surface area contributed by atoms with Crippen LogP contribution < -0.4 is 0 Å². The number of benzene rings is 2. The van der Waals surface area contributed by atoms with Gasteiger partial charge < -0.3 is 28.6 Å². The second kappa shape index (κ2) is 22.0. The van der Waals surface area contributed by atoms with Crippen LogP contribution in [0.15, 0.2) is 79.9 Å². The van der Waals surface area contributed by atoms with E-state index in [1.165, 1.54) is 53.4 Å². The van der Waals surface area contributed by atoms with Crippen LogP contribution in [0, 0.1) is 28.8 Å². The highest BCUT2D eigenvalue weighted by atomic mass is 32.2. The van der Waals surface area contributed by atoms with Crippen LogP contribution in [-0.4, -0.2) is 94.1 Å². The highest BCUT2D eigenvalue weighted by molar-refractivity contribution is 8.00. The van der Waals surface area contributed by atoms with Crippen LogP contribution in [0.4, 0.5) is 18.0 Å². The van der Waals surface area contributed by atoms with Gasteiger partial charge >= 0.3 is 12.1 Å². The first kappa shape index (κ1) is 43.8. The molecule has 0 bridgehead atoms. The minimum atomic E-state index is -1.74. The number of allylic oxidation sites excluding steroid dienone is 2. The van der Waals surface area contributed by atoms with E-state index in [-0.39, 0.29) is 55.6 Å². The smallest absolute Gasteiger partial charge is 0.451 e. The molecule has 0 radical (unpaired) electrons. The predicted molar refractivity (Wildman–Crippen MR) is 203 cm³/mol. The van der Waals surface area contributed by atoms with Gasteiger partial charge in [0.2, 0.25) is 0 Å². The molecule has 0 aliphatic carbocycles. The number of nitriles is 1. The molecule has 1 aromatic heterocycles. The van der Waals surface area contributed by atoms with Crippen molar-refractivity contribution in [1.29, 1.82) is 5.26 Å². The lowest BCUT2D eigenvalue weighted by Crippen LogP contribution is -2.47. The molecular formula is C40H46F3N5O7S. The monoisotopic (exact) mass is 797 g/mol. The first-order chi connectivity index (χ1) is 27.0. The summed E-state index contributed by atoms with van der Waals surface area (Å²) in [4.78, 5) is 32.3. The summed E-state index contributed by atoms with van der Waals surface area (Å²) in [5.41, 5.74) is -1.28. The number of carbonyl (C=O) groups is 2. The molecule has 12 nitrogen and oxygen atoms in total. The summed E-state index contributed by atoms with van der Waals surface area (Å²) >= 11 is 1.33. The van der Waals surface area contributed by atoms with Gasteiger partial charge in [-0.3, -0.25) is 4.79 Å². The van der Waals surface area contributed by atoms with Crippen molar-refractivity contribution >= 4 is 30.0 Å². The third-order valence-electron chi connectivity index (χ3n) is 8.89. The van der Waals surface area contributed by atoms with Gasteiger partial charge in [0.1, 0.15) is 42.8 Å². The van der Waals surface area contributed by atoms with E-state index in [2.05, 4.69) is 16.7 Å². The van der Waals surface area contributed by atoms with Gasteiger partial charge in [-0.1, -0.05) is 50.8 Å². The Kier molecular flexibility index (Phi) is 17.2. The molecule has 4 rings (SSSR count). The summed E-state index contributed by atoms with van der Waals surface area (Å²) in [5.74, 6) is -2.97. The van der Waals surface area contributed by atoms with E-state index in [0.29, 0.717) is 25.2 Å². The Balaban J connectivity index is 1.51. The van der Waals surface area contributed by atoms with Gasteiger partial charge in [-0.05, 0) is 56.8 Å². The Morgan fingerprint density at radius 3 is 2.55 bits per heavy atom. The molecular weight excluding hydrogens is 752 g/mol. The molecule has 1 aliphatic rings. The molecule has 300 valence electrons. The van der Waals surface area contributed by atoms with Crippen LogP contribution in [0.5, 0.6) is 0 Å². The molecule has 0 saturated carbocycles. The van der Waals surface area contributed by atoms with Crippen molar-refractivity contribution in [2.75, 3.05) is 39.5 Å². The number of hydrogen-bond acceptors (Lipinski definition) is 12. The van der Waals surface area contributed by atoms with Crippen LogP contribution in [0.1, 0.15) is 50.3 Å². The summed E-state index contributed by atoms with van der Waals surface area (Å²) in [6.45, 7) is 11.1. The number of halogens is 3. The lowest BCUT2D eigenvalue weighted by molar-refractivity contribution is -0.164. The Labute approximate surface area is 328 Å². The number of nitrogens with zero attached hydrogens (tertiary/aromatic N) is 5. The minimum absolute atomic E-state index is 0.0441. The lowest BCUT2D eigenvalue weighted by atomic mass is 9.89. The zero-order valence-corrected chi connectivity index (χ0v) is 32.3. The van der Waals surface area contributed by atoms with Crippen molar-refractivity contribution in [3.05, 3.63) is 114 Å². The van der Waals surface area contributed by atoms with Crippen molar-refractivity contribution in [2.24, 2.45) is 0 Å². The molecule has 1 unspecified atom stereocenters. The van der Waals surface area contributed by atoms with Crippen molar-refractivity contribution < 1.29 is 46.4 Å². The summed E-state index contributed by atoms with van der Waals surface area (Å²) in [5, 5.41) is 12.1. The Hall–Kier alpha value is -4.95. The van der Waals surface area contributed by atoms with Gasteiger partial charge in [-0.2, -0.15) is 10.4 Å². The normalized spacial score (nSPS) is 18.0. The van der Waals surface area contributed by atoms with E-state index >= 15 is 4.39 Å². The summed E-state index contributed by atoms with van der Waals surface area (Å²) < 4.78 is 74.4. The summed E-state index contributed by atoms with van der Waals surface area (Å²) in [6.07, 6.45) is 8.10. The number of ether oxygens (including phenoxy) is 5. The fourth-order valence-corrected chi connectivity index (χ4v) is 7.27. The van der Waals surface area contributed by atoms with E-state index < -0.39 is 52.8 Å². The Morgan fingerprint density at radius 2 is 1.91 bits per heavy atom. The van der Waals surface area contributed by atoms with Crippen LogP contribution in [0.25, 0.3) is 6.08 Å². The van der Waals surface area contributed by atoms with Crippen molar-refractivity contribution in [3.63, 3.8) is 0 Å². The van der Waals surface area contributed by atoms with Gasteiger partial charge in [-0.15, -0.1) is 11.8 Å². The molecule has 16 heteroatoms. The van der Waals surface area contributed by atoms with Crippen LogP contribution in [-0.2, 0) is 40.6 Å². The number of carbonyl (C=O) groups excluding carboxylic acids is 2. The maximum absolute atomic E-state index is 15.8. The third-order valence-corrected chi connectivity index (χ3v) is 10.3. The first-order valence-corrected chi connectivity index (χ1v) is 19.0. The molecule has 56 heavy (non-hydrogen) atoms. The number of esters is 1. The Bertz CT molecular complexity index is 1850. The SMILES string of the molecule is C=CCOC(=O)OC(CCC(=O)O[C@@](Cn1cncn1)(c1ccc(F)cc1F)[C@@H](C)SC1COC(/C=C/C=C/c2ccc(C#N)cc2F)OC1)CN(CC)CC. The summed E-state index contributed by atoms with van der Waals surface area (Å²) in [6, 6.07) is 9.16. The summed E-state index contributed by atoms with van der Waals surface area (Å²) in [7, 11) is 0. The van der Waals surface area contributed by atoms with Crippen LogP contribution >= 0.6 is 11.8 Å². The quantitative estimate of drug-likeness (QED) is 0.0663. The van der Waals surface area contributed by atoms with Crippen LogP contribution in [0.3, 0.4) is 0 Å². The second-order valence-electron chi connectivity index (χ2n) is 12.7. The van der Waals surface area contributed by atoms with Gasteiger partial charge in [-0.25, -0.2) is 27.6 Å². The highest BCUT2D eigenvalue weighted by Gasteiger charge is 2.46. The average molecular weight is 798 g/mol. The van der Waals surface area contributed by atoms with Gasteiger partial charge in [0.15, 0.2) is 11.9 Å². The van der Waals surface area contributed by atoms with E-state index in [1.807, 2.05) is 24.8 Å². The van der Waals surface area contributed by atoms with Gasteiger partial charge in [0.05, 0.1) is 36.6 Å². The molecule has 2 aromatic carbocycles. The molecule has 0 amide bonds. The molecule has 0 spiro atoms. The highest BCUT2D eigenvalue weighted by Crippen LogP contribution is 2.42. The first-order valence-electron chi connectivity index (χ1n) is 18.1. The largest absolute Gasteiger partial charge is 0.508 e. The van der Waals surface area contributed by atoms with E-state index in [0.717, 1.165) is 18.2 Å². The topological polar surface area (TPSA) is 138 Å². The molecule has 0 N–H and O–H groups in total. The van der Waals surface area contributed by atoms with Gasteiger partial charge in [0.25, 0.3) is 0 Å². The Morgan fingerprint density at radius 1 is 1.14 bits per heavy atom. The molecule has 1 fully saturated rings. The number of rotatable bonds is 20. The molecule has 3 aromatic rings. The van der Waals surface area contributed by atoms with Crippen molar-refractivity contribution in [3.8, 4) is 6.07 Å². The lowest BCUT2D eigenvalue weighted by Gasteiger charge is -2.40. The number of aromatic nitrogens is 3. The minimum Gasteiger partial charge on any atom is -0.451 e.